The SMILES string of the molecule is O=C(O)C1(Cc2cc(Cl)cc3c2OCC3)CCCCC1=O. The number of benzene rings is 1. The van der Waals surface area contributed by atoms with E-state index in [2.05, 4.69) is 0 Å². The van der Waals surface area contributed by atoms with E-state index in [-0.39, 0.29) is 12.2 Å². The predicted molar refractivity (Wildman–Crippen MR) is 77.9 cm³/mol. The van der Waals surface area contributed by atoms with Crippen LogP contribution in [0.3, 0.4) is 0 Å². The average molecular weight is 309 g/mol. The van der Waals surface area contributed by atoms with E-state index in [1.54, 1.807) is 6.07 Å². The topological polar surface area (TPSA) is 63.6 Å². The van der Waals surface area contributed by atoms with Crippen LogP contribution in [-0.4, -0.2) is 23.5 Å². The summed E-state index contributed by atoms with van der Waals surface area (Å²) in [6, 6.07) is 3.59. The minimum absolute atomic E-state index is 0.171. The zero-order valence-electron chi connectivity index (χ0n) is 11.7. The molecule has 1 aromatic carbocycles. The van der Waals surface area contributed by atoms with Crippen molar-refractivity contribution in [3.05, 3.63) is 28.3 Å². The van der Waals surface area contributed by atoms with Crippen LogP contribution in [0.4, 0.5) is 0 Å². The molecule has 1 aliphatic heterocycles. The number of carboxylic acid groups (broad SMARTS) is 1. The van der Waals surface area contributed by atoms with Gasteiger partial charge in [0.1, 0.15) is 11.2 Å². The Labute approximate surface area is 128 Å². The molecule has 0 bridgehead atoms. The van der Waals surface area contributed by atoms with Crippen LogP contribution in [0.5, 0.6) is 5.75 Å². The molecule has 1 heterocycles. The van der Waals surface area contributed by atoms with Crippen LogP contribution in [0.2, 0.25) is 5.02 Å². The van der Waals surface area contributed by atoms with Gasteiger partial charge in [0.25, 0.3) is 0 Å². The summed E-state index contributed by atoms with van der Waals surface area (Å²) in [5.41, 5.74) is 0.428. The fraction of sp³-hybridized carbons (Fsp3) is 0.500. The van der Waals surface area contributed by atoms with Crippen molar-refractivity contribution in [3.63, 3.8) is 0 Å². The Morgan fingerprint density at radius 2 is 2.14 bits per heavy atom. The lowest BCUT2D eigenvalue weighted by Gasteiger charge is -2.32. The highest BCUT2D eigenvalue weighted by Gasteiger charge is 2.47. The third-order valence-electron chi connectivity index (χ3n) is 4.52. The minimum atomic E-state index is -1.32. The van der Waals surface area contributed by atoms with Crippen molar-refractivity contribution < 1.29 is 19.4 Å². The molecule has 3 rings (SSSR count). The summed E-state index contributed by atoms with van der Waals surface area (Å²) in [4.78, 5) is 24.1. The van der Waals surface area contributed by atoms with Gasteiger partial charge in [0.05, 0.1) is 6.61 Å². The molecule has 1 unspecified atom stereocenters. The number of carbonyl (C=O) groups is 2. The van der Waals surface area contributed by atoms with Crippen LogP contribution < -0.4 is 4.74 Å². The van der Waals surface area contributed by atoms with Crippen molar-refractivity contribution in [1.29, 1.82) is 0 Å². The number of rotatable bonds is 3. The fourth-order valence-electron chi connectivity index (χ4n) is 3.38. The van der Waals surface area contributed by atoms with Crippen LogP contribution >= 0.6 is 11.6 Å². The van der Waals surface area contributed by atoms with Gasteiger partial charge in [0.15, 0.2) is 5.78 Å². The average Bonchev–Trinajstić information content (AvgIpc) is 2.89. The van der Waals surface area contributed by atoms with Crippen LogP contribution in [0.1, 0.15) is 36.8 Å². The molecule has 1 saturated carbocycles. The smallest absolute Gasteiger partial charge is 0.317 e. The standard InChI is InChI=1S/C16H17ClO4/c17-12-7-10-4-6-21-14(10)11(8-12)9-16(15(19)20)5-2-1-3-13(16)18/h7-8H,1-6,9H2,(H,19,20). The molecule has 1 N–H and O–H groups in total. The molecule has 5 heteroatoms. The molecule has 0 saturated heterocycles. The Kier molecular flexibility index (Phi) is 3.66. The second-order valence-corrected chi connectivity index (χ2v) is 6.28. The van der Waals surface area contributed by atoms with E-state index in [0.717, 1.165) is 36.1 Å². The van der Waals surface area contributed by atoms with Gasteiger partial charge in [-0.3, -0.25) is 9.59 Å². The van der Waals surface area contributed by atoms with Gasteiger partial charge in [-0.25, -0.2) is 0 Å². The van der Waals surface area contributed by atoms with E-state index >= 15 is 0 Å². The predicted octanol–water partition coefficient (Wildman–Crippen LogP) is 3.03. The first-order valence-corrected chi connectivity index (χ1v) is 7.61. The fourth-order valence-corrected chi connectivity index (χ4v) is 3.65. The molecule has 4 nitrogen and oxygen atoms in total. The lowest BCUT2D eigenvalue weighted by atomic mass is 9.69. The monoisotopic (exact) mass is 308 g/mol. The normalized spacial score (nSPS) is 24.5. The molecule has 0 radical (unpaired) electrons. The number of halogens is 1. The molecular formula is C16H17ClO4. The number of ketones is 1. The molecule has 2 aliphatic rings. The number of ether oxygens (including phenoxy) is 1. The summed E-state index contributed by atoms with van der Waals surface area (Å²) in [6.45, 7) is 0.580. The molecule has 1 aliphatic carbocycles. The van der Waals surface area contributed by atoms with Crippen LogP contribution in [0.25, 0.3) is 0 Å². The highest BCUT2D eigenvalue weighted by Crippen LogP contribution is 2.41. The van der Waals surface area contributed by atoms with E-state index in [9.17, 15) is 14.7 Å². The van der Waals surface area contributed by atoms with Crippen molar-refractivity contribution in [2.45, 2.75) is 38.5 Å². The summed E-state index contributed by atoms with van der Waals surface area (Å²) in [5, 5.41) is 10.2. The summed E-state index contributed by atoms with van der Waals surface area (Å²) in [6.07, 6.45) is 3.22. The van der Waals surface area contributed by atoms with Gasteiger partial charge in [-0.1, -0.05) is 18.0 Å². The summed E-state index contributed by atoms with van der Waals surface area (Å²) in [7, 11) is 0. The third-order valence-corrected chi connectivity index (χ3v) is 4.74. The Hall–Kier alpha value is -1.55. The highest BCUT2D eigenvalue weighted by atomic mass is 35.5. The van der Waals surface area contributed by atoms with Gasteiger partial charge >= 0.3 is 5.97 Å². The van der Waals surface area contributed by atoms with Crippen molar-refractivity contribution in [2.24, 2.45) is 5.41 Å². The summed E-state index contributed by atoms with van der Waals surface area (Å²) in [5.74, 6) is -0.481. The van der Waals surface area contributed by atoms with E-state index < -0.39 is 11.4 Å². The number of Topliss-reactive ketones (excluding diaryl/α,β-unsaturated/α-hetero) is 1. The maximum absolute atomic E-state index is 12.3. The number of carbonyl (C=O) groups excluding carboxylic acids is 1. The van der Waals surface area contributed by atoms with Crippen LogP contribution in [-0.2, 0) is 22.4 Å². The molecular weight excluding hydrogens is 292 g/mol. The van der Waals surface area contributed by atoms with Gasteiger partial charge in [-0.05, 0) is 42.5 Å². The van der Waals surface area contributed by atoms with Gasteiger partial charge in [-0.15, -0.1) is 0 Å². The number of carboxylic acids is 1. The first kappa shape index (κ1) is 14.4. The lowest BCUT2D eigenvalue weighted by molar-refractivity contribution is -0.157. The number of fused-ring (bicyclic) bond motifs is 1. The number of aliphatic carboxylic acids is 1. The van der Waals surface area contributed by atoms with E-state index in [1.165, 1.54) is 0 Å². The molecule has 21 heavy (non-hydrogen) atoms. The van der Waals surface area contributed by atoms with Crippen LogP contribution in [0.15, 0.2) is 12.1 Å². The Morgan fingerprint density at radius 3 is 2.86 bits per heavy atom. The second kappa shape index (κ2) is 5.34. The molecule has 1 aromatic rings. The molecule has 0 spiro atoms. The largest absolute Gasteiger partial charge is 0.493 e. The Balaban J connectivity index is 2.01. The zero-order chi connectivity index (χ0) is 15.0. The summed E-state index contributed by atoms with van der Waals surface area (Å²) < 4.78 is 5.62. The zero-order valence-corrected chi connectivity index (χ0v) is 12.4. The number of hydrogen-bond donors (Lipinski definition) is 1. The third kappa shape index (κ3) is 2.42. The maximum atomic E-state index is 12.3. The van der Waals surface area contributed by atoms with Crippen molar-refractivity contribution in [2.75, 3.05) is 6.61 Å². The van der Waals surface area contributed by atoms with Gasteiger partial charge in [0.2, 0.25) is 0 Å². The van der Waals surface area contributed by atoms with Gasteiger partial charge < -0.3 is 9.84 Å². The lowest BCUT2D eigenvalue weighted by Crippen LogP contribution is -2.43. The number of hydrogen-bond acceptors (Lipinski definition) is 3. The molecule has 1 atom stereocenters. The molecule has 0 amide bonds. The molecule has 0 aromatic heterocycles. The highest BCUT2D eigenvalue weighted by molar-refractivity contribution is 6.30. The van der Waals surface area contributed by atoms with Crippen molar-refractivity contribution in [3.8, 4) is 5.75 Å². The van der Waals surface area contributed by atoms with E-state index in [0.29, 0.717) is 24.5 Å². The Morgan fingerprint density at radius 1 is 1.33 bits per heavy atom. The van der Waals surface area contributed by atoms with Crippen molar-refractivity contribution in [1.82, 2.24) is 0 Å². The Bertz CT molecular complexity index is 611. The minimum Gasteiger partial charge on any atom is -0.493 e. The van der Waals surface area contributed by atoms with Crippen LogP contribution in [0, 0.1) is 5.41 Å². The molecule has 1 fully saturated rings. The molecule has 112 valence electrons. The first-order chi connectivity index (χ1) is 10.0. The second-order valence-electron chi connectivity index (χ2n) is 5.85. The van der Waals surface area contributed by atoms with E-state index in [1.807, 2.05) is 6.07 Å². The quantitative estimate of drug-likeness (QED) is 0.872. The van der Waals surface area contributed by atoms with Crippen molar-refractivity contribution >= 4 is 23.4 Å². The maximum Gasteiger partial charge on any atom is 0.317 e. The van der Waals surface area contributed by atoms with Gasteiger partial charge in [0, 0.05) is 17.9 Å². The van der Waals surface area contributed by atoms with Gasteiger partial charge in [-0.2, -0.15) is 0 Å². The first-order valence-electron chi connectivity index (χ1n) is 7.24. The summed E-state index contributed by atoms with van der Waals surface area (Å²) >= 11 is 6.12. The van der Waals surface area contributed by atoms with E-state index in [4.69, 9.17) is 16.3 Å².